The van der Waals surface area contributed by atoms with Crippen molar-refractivity contribution in [3.8, 4) is 16.3 Å². The normalized spacial score (nSPS) is 26.7. The zero-order chi connectivity index (χ0) is 18.1. The number of fused-ring (bicyclic) bond motifs is 2. The van der Waals surface area contributed by atoms with Crippen molar-refractivity contribution < 1.29 is 9.53 Å². The Hall–Kier alpha value is -1.63. The topological polar surface area (TPSA) is 77.2 Å². The number of aromatic nitrogens is 1. The molecule has 0 saturated heterocycles. The number of thiazole rings is 1. The highest BCUT2D eigenvalue weighted by atomic mass is 35.5. The maximum absolute atomic E-state index is 12.8. The first kappa shape index (κ1) is 20.1. The molecule has 27 heavy (non-hydrogen) atoms. The fourth-order valence-corrected chi connectivity index (χ4v) is 5.32. The highest BCUT2D eigenvalue weighted by molar-refractivity contribution is 7.16. The van der Waals surface area contributed by atoms with E-state index in [9.17, 15) is 4.79 Å². The van der Waals surface area contributed by atoms with Gasteiger partial charge in [0.15, 0.2) is 0 Å². The summed E-state index contributed by atoms with van der Waals surface area (Å²) in [6.45, 7) is 0. The molecule has 2 bridgehead atoms. The van der Waals surface area contributed by atoms with Crippen molar-refractivity contribution in [2.24, 2.45) is 17.6 Å². The van der Waals surface area contributed by atoms with Crippen molar-refractivity contribution in [1.82, 2.24) is 10.3 Å². The number of carbonyl (C=O) groups is 1. The Labute approximate surface area is 170 Å². The van der Waals surface area contributed by atoms with Crippen molar-refractivity contribution >= 4 is 29.7 Å². The number of nitrogens with two attached hydrogens (primary N) is 1. The van der Waals surface area contributed by atoms with E-state index in [-0.39, 0.29) is 24.4 Å². The molecule has 7 heteroatoms. The fourth-order valence-electron chi connectivity index (χ4n) is 4.49. The van der Waals surface area contributed by atoms with E-state index in [2.05, 4.69) is 10.3 Å². The number of carbonyl (C=O) groups excluding carboxylic acids is 1. The average Bonchev–Trinajstić information content (AvgIpc) is 3.13. The summed E-state index contributed by atoms with van der Waals surface area (Å²) in [5.74, 6) is 1.86. The Morgan fingerprint density at radius 2 is 1.89 bits per heavy atom. The molecule has 2 unspecified atom stereocenters. The van der Waals surface area contributed by atoms with E-state index in [1.54, 1.807) is 13.3 Å². The monoisotopic (exact) mass is 407 g/mol. The molecule has 1 amide bonds. The van der Waals surface area contributed by atoms with Gasteiger partial charge in [-0.15, -0.1) is 23.7 Å². The molecule has 3 N–H and O–H groups in total. The molecule has 1 aromatic heterocycles. The number of hydrogen-bond acceptors (Lipinski definition) is 5. The van der Waals surface area contributed by atoms with E-state index >= 15 is 0 Å². The number of amides is 1. The van der Waals surface area contributed by atoms with E-state index in [1.807, 2.05) is 24.3 Å². The smallest absolute Gasteiger partial charge is 0.263 e. The third-order valence-electron chi connectivity index (χ3n) is 5.74. The lowest BCUT2D eigenvalue weighted by Crippen LogP contribution is -2.53. The first-order valence-corrected chi connectivity index (χ1v) is 10.1. The van der Waals surface area contributed by atoms with Gasteiger partial charge in [0.05, 0.1) is 13.3 Å². The third kappa shape index (κ3) is 4.28. The maximum atomic E-state index is 12.8. The van der Waals surface area contributed by atoms with Crippen LogP contribution in [0.1, 0.15) is 41.8 Å². The van der Waals surface area contributed by atoms with Crippen molar-refractivity contribution in [1.29, 1.82) is 0 Å². The maximum Gasteiger partial charge on any atom is 0.263 e. The predicted octanol–water partition coefficient (Wildman–Crippen LogP) is 3.88. The SMILES string of the molecule is COc1ccc(-c2ncc(C(=O)NC3C4CCCC3CC(N)C4)s2)cc1.Cl. The molecule has 5 nitrogen and oxygen atoms in total. The summed E-state index contributed by atoms with van der Waals surface area (Å²) in [4.78, 5) is 17.9. The van der Waals surface area contributed by atoms with E-state index in [0.717, 1.165) is 29.2 Å². The zero-order valence-corrected chi connectivity index (χ0v) is 17.0. The van der Waals surface area contributed by atoms with Crippen LogP contribution in [0.15, 0.2) is 30.5 Å². The summed E-state index contributed by atoms with van der Waals surface area (Å²) in [6, 6.07) is 8.30. The minimum absolute atomic E-state index is 0. The number of methoxy groups -OCH3 is 1. The largest absolute Gasteiger partial charge is 0.497 e. The van der Waals surface area contributed by atoms with Crippen LogP contribution in [0.3, 0.4) is 0 Å². The Morgan fingerprint density at radius 1 is 1.22 bits per heavy atom. The van der Waals surface area contributed by atoms with Gasteiger partial charge in [0, 0.05) is 17.6 Å². The van der Waals surface area contributed by atoms with Crippen LogP contribution < -0.4 is 15.8 Å². The van der Waals surface area contributed by atoms with Crippen LogP contribution in [0.4, 0.5) is 0 Å². The Balaban J connectivity index is 0.00000210. The number of nitrogens with zero attached hydrogens (tertiary/aromatic N) is 1. The van der Waals surface area contributed by atoms with Crippen LogP contribution in [0.5, 0.6) is 5.75 Å². The van der Waals surface area contributed by atoms with E-state index in [0.29, 0.717) is 22.8 Å². The third-order valence-corrected chi connectivity index (χ3v) is 6.79. The summed E-state index contributed by atoms with van der Waals surface area (Å²) in [5.41, 5.74) is 7.18. The van der Waals surface area contributed by atoms with Gasteiger partial charge in [-0.3, -0.25) is 4.79 Å². The zero-order valence-electron chi connectivity index (χ0n) is 15.4. The van der Waals surface area contributed by atoms with Gasteiger partial charge in [0.2, 0.25) is 0 Å². The Kier molecular flexibility index (Phi) is 6.40. The van der Waals surface area contributed by atoms with Crippen LogP contribution in [0.25, 0.3) is 10.6 Å². The van der Waals surface area contributed by atoms with Gasteiger partial charge < -0.3 is 15.8 Å². The number of nitrogens with one attached hydrogen (secondary N) is 1. The van der Waals surface area contributed by atoms with Crippen molar-refractivity contribution in [2.45, 2.75) is 44.2 Å². The molecule has 0 aliphatic heterocycles. The highest BCUT2D eigenvalue weighted by Crippen LogP contribution is 2.40. The number of benzene rings is 1. The van der Waals surface area contributed by atoms with Gasteiger partial charge in [-0.25, -0.2) is 4.98 Å². The summed E-state index contributed by atoms with van der Waals surface area (Å²) < 4.78 is 5.19. The van der Waals surface area contributed by atoms with E-state index < -0.39 is 0 Å². The molecule has 2 aliphatic carbocycles. The highest BCUT2D eigenvalue weighted by Gasteiger charge is 2.40. The molecule has 2 aromatic rings. The molecular formula is C20H26ClN3O2S. The second-order valence-electron chi connectivity index (χ2n) is 7.44. The van der Waals surface area contributed by atoms with Crippen LogP contribution in [-0.2, 0) is 0 Å². The number of rotatable bonds is 4. The summed E-state index contributed by atoms with van der Waals surface area (Å²) in [7, 11) is 1.65. The first-order valence-electron chi connectivity index (χ1n) is 9.30. The van der Waals surface area contributed by atoms with E-state index in [4.69, 9.17) is 10.5 Å². The number of hydrogen-bond donors (Lipinski definition) is 2. The van der Waals surface area contributed by atoms with Gasteiger partial charge in [-0.1, -0.05) is 6.42 Å². The van der Waals surface area contributed by atoms with Gasteiger partial charge in [0.25, 0.3) is 5.91 Å². The molecule has 2 fully saturated rings. The minimum Gasteiger partial charge on any atom is -0.497 e. The van der Waals surface area contributed by atoms with Gasteiger partial charge in [0.1, 0.15) is 15.6 Å². The molecule has 1 aromatic carbocycles. The van der Waals surface area contributed by atoms with E-state index in [1.165, 1.54) is 30.6 Å². The summed E-state index contributed by atoms with van der Waals surface area (Å²) in [5, 5.41) is 4.15. The standard InChI is InChI=1S/C20H25N3O2S.ClH/c1-25-16-7-5-12(6-8-16)20-22-11-17(26-20)19(24)23-18-13-3-2-4-14(18)10-15(21)9-13;/h5-8,11,13-15,18H,2-4,9-10,21H2,1H3,(H,23,24);1H. The lowest BCUT2D eigenvalue weighted by atomic mass is 9.67. The van der Waals surface area contributed by atoms with Crippen LogP contribution in [0.2, 0.25) is 0 Å². The molecular weight excluding hydrogens is 382 g/mol. The number of ether oxygens (including phenoxy) is 1. The summed E-state index contributed by atoms with van der Waals surface area (Å²) in [6.07, 6.45) is 7.35. The molecule has 0 radical (unpaired) electrons. The molecule has 2 aliphatic rings. The second kappa shape index (κ2) is 8.59. The molecule has 1 heterocycles. The lowest BCUT2D eigenvalue weighted by molar-refractivity contribution is 0.0759. The molecule has 146 valence electrons. The quantitative estimate of drug-likeness (QED) is 0.806. The molecule has 2 atom stereocenters. The van der Waals surface area contributed by atoms with Crippen molar-refractivity contribution in [2.75, 3.05) is 7.11 Å². The van der Waals surface area contributed by atoms with Gasteiger partial charge >= 0.3 is 0 Å². The van der Waals surface area contributed by atoms with Crippen molar-refractivity contribution in [3.05, 3.63) is 35.3 Å². The average molecular weight is 408 g/mol. The van der Waals surface area contributed by atoms with Gasteiger partial charge in [-0.2, -0.15) is 0 Å². The first-order chi connectivity index (χ1) is 12.6. The molecule has 4 rings (SSSR count). The van der Waals surface area contributed by atoms with Crippen LogP contribution in [-0.4, -0.2) is 30.1 Å². The lowest BCUT2D eigenvalue weighted by Gasteiger charge is -2.45. The molecule has 0 spiro atoms. The fraction of sp³-hybridized carbons (Fsp3) is 0.500. The Morgan fingerprint density at radius 3 is 2.52 bits per heavy atom. The number of halogens is 1. The Bertz CT molecular complexity index is 766. The summed E-state index contributed by atoms with van der Waals surface area (Å²) >= 11 is 1.44. The minimum atomic E-state index is -0.000340. The van der Waals surface area contributed by atoms with Crippen molar-refractivity contribution in [3.63, 3.8) is 0 Å². The predicted molar refractivity (Wildman–Crippen MR) is 111 cm³/mol. The van der Waals surface area contributed by atoms with Crippen LogP contribution >= 0.6 is 23.7 Å². The van der Waals surface area contributed by atoms with Gasteiger partial charge in [-0.05, 0) is 61.8 Å². The molecule has 2 saturated carbocycles. The second-order valence-corrected chi connectivity index (χ2v) is 8.47. The van der Waals surface area contributed by atoms with Crippen LogP contribution in [0, 0.1) is 11.8 Å².